The number of pyridine rings is 1. The zero-order chi connectivity index (χ0) is 21.1. The van der Waals surface area contributed by atoms with Crippen molar-refractivity contribution in [1.29, 1.82) is 0 Å². The molecule has 5 nitrogen and oxygen atoms in total. The summed E-state index contributed by atoms with van der Waals surface area (Å²) in [7, 11) is 3.65. The van der Waals surface area contributed by atoms with Crippen molar-refractivity contribution >= 4 is 11.8 Å². The maximum Gasteiger partial charge on any atom is 0.230 e. The van der Waals surface area contributed by atoms with Crippen LogP contribution in [0.3, 0.4) is 0 Å². The van der Waals surface area contributed by atoms with Gasteiger partial charge in [0.1, 0.15) is 0 Å². The van der Waals surface area contributed by atoms with Crippen LogP contribution in [0.5, 0.6) is 0 Å². The number of hydrogen-bond acceptors (Lipinski definition) is 3. The lowest BCUT2D eigenvalue weighted by Crippen LogP contribution is -2.55. The van der Waals surface area contributed by atoms with Gasteiger partial charge in [0, 0.05) is 45.5 Å². The molecule has 30 heavy (non-hydrogen) atoms. The minimum Gasteiger partial charge on any atom is -0.348 e. The van der Waals surface area contributed by atoms with Crippen molar-refractivity contribution in [1.82, 2.24) is 14.8 Å². The highest BCUT2D eigenvalue weighted by Gasteiger charge is 2.45. The van der Waals surface area contributed by atoms with Crippen LogP contribution < -0.4 is 0 Å². The lowest BCUT2D eigenvalue weighted by Gasteiger charge is -2.44. The van der Waals surface area contributed by atoms with E-state index in [0.29, 0.717) is 13.0 Å². The Labute approximate surface area is 179 Å². The van der Waals surface area contributed by atoms with Gasteiger partial charge >= 0.3 is 0 Å². The lowest BCUT2D eigenvalue weighted by molar-refractivity contribution is -0.150. The van der Waals surface area contributed by atoms with Crippen LogP contribution in [-0.4, -0.2) is 53.8 Å². The molecule has 0 bridgehead atoms. The number of carbonyl (C=O) groups is 2. The molecule has 0 N–H and O–H groups in total. The van der Waals surface area contributed by atoms with Gasteiger partial charge in [-0.25, -0.2) is 0 Å². The summed E-state index contributed by atoms with van der Waals surface area (Å²) < 4.78 is 0. The average molecular weight is 406 g/mol. The van der Waals surface area contributed by atoms with Crippen LogP contribution in [0.2, 0.25) is 0 Å². The molecule has 1 saturated carbocycles. The van der Waals surface area contributed by atoms with E-state index in [1.807, 2.05) is 31.1 Å². The van der Waals surface area contributed by atoms with Gasteiger partial charge in [0.25, 0.3) is 0 Å². The van der Waals surface area contributed by atoms with E-state index in [1.165, 1.54) is 0 Å². The number of carbonyl (C=O) groups excluding carboxylic acids is 2. The highest BCUT2D eigenvalue weighted by Crippen LogP contribution is 2.38. The number of amides is 2. The average Bonchev–Trinajstić information content (AvgIpc) is 2.73. The van der Waals surface area contributed by atoms with Crippen LogP contribution in [0.15, 0.2) is 48.8 Å². The summed E-state index contributed by atoms with van der Waals surface area (Å²) in [5, 5.41) is 0. The first-order chi connectivity index (χ1) is 14.5. The van der Waals surface area contributed by atoms with E-state index in [-0.39, 0.29) is 17.7 Å². The van der Waals surface area contributed by atoms with Crippen LogP contribution in [0, 0.1) is 11.3 Å². The van der Waals surface area contributed by atoms with Gasteiger partial charge in [-0.2, -0.15) is 0 Å². The van der Waals surface area contributed by atoms with E-state index in [0.717, 1.165) is 55.3 Å². The minimum absolute atomic E-state index is 0.128. The van der Waals surface area contributed by atoms with Gasteiger partial charge in [-0.1, -0.05) is 30.7 Å². The number of piperidine rings is 1. The summed E-state index contributed by atoms with van der Waals surface area (Å²) >= 11 is 0. The van der Waals surface area contributed by atoms with Gasteiger partial charge in [0.2, 0.25) is 11.8 Å². The van der Waals surface area contributed by atoms with Crippen LogP contribution in [-0.2, 0) is 16.0 Å². The topological polar surface area (TPSA) is 53.5 Å². The van der Waals surface area contributed by atoms with Gasteiger partial charge < -0.3 is 9.80 Å². The fourth-order valence-corrected chi connectivity index (χ4v) is 4.90. The second-order valence-corrected chi connectivity index (χ2v) is 9.08. The van der Waals surface area contributed by atoms with E-state index >= 15 is 0 Å². The van der Waals surface area contributed by atoms with Crippen molar-refractivity contribution in [3.63, 3.8) is 0 Å². The SMILES string of the molecule is CN(C)C(=O)C1(Cc2cccc(-c3ccncc3)c2)CCCN(C(=O)C2CCC2)C1. The first-order valence-electron chi connectivity index (χ1n) is 11.0. The molecule has 1 unspecified atom stereocenters. The number of rotatable bonds is 5. The molecule has 4 rings (SSSR count). The van der Waals surface area contributed by atoms with Gasteiger partial charge in [0.15, 0.2) is 0 Å². The molecule has 1 aromatic heterocycles. The largest absolute Gasteiger partial charge is 0.348 e. The van der Waals surface area contributed by atoms with Gasteiger partial charge in [-0.3, -0.25) is 14.6 Å². The number of benzene rings is 1. The van der Waals surface area contributed by atoms with Crippen LogP contribution in [0.1, 0.15) is 37.7 Å². The predicted molar refractivity (Wildman–Crippen MR) is 118 cm³/mol. The molecule has 158 valence electrons. The zero-order valence-corrected chi connectivity index (χ0v) is 18.0. The maximum atomic E-state index is 13.4. The van der Waals surface area contributed by atoms with Crippen molar-refractivity contribution in [2.75, 3.05) is 27.2 Å². The predicted octanol–water partition coefficient (Wildman–Crippen LogP) is 3.79. The zero-order valence-electron chi connectivity index (χ0n) is 18.0. The quantitative estimate of drug-likeness (QED) is 0.761. The molecule has 5 heteroatoms. The minimum atomic E-state index is -0.558. The second-order valence-electron chi connectivity index (χ2n) is 9.08. The van der Waals surface area contributed by atoms with Gasteiger partial charge in [0.05, 0.1) is 5.41 Å². The van der Waals surface area contributed by atoms with Crippen molar-refractivity contribution < 1.29 is 9.59 Å². The fraction of sp³-hybridized carbons (Fsp3) is 0.480. The summed E-state index contributed by atoms with van der Waals surface area (Å²) in [4.78, 5) is 34.1. The van der Waals surface area contributed by atoms with E-state index in [1.54, 1.807) is 17.3 Å². The van der Waals surface area contributed by atoms with Gasteiger partial charge in [-0.05, 0) is 60.9 Å². The van der Waals surface area contributed by atoms with E-state index in [4.69, 9.17) is 0 Å². The number of nitrogens with zero attached hydrogens (tertiary/aromatic N) is 3. The van der Waals surface area contributed by atoms with E-state index < -0.39 is 5.41 Å². The summed E-state index contributed by atoms with van der Waals surface area (Å²) in [5.41, 5.74) is 2.82. The molecule has 1 saturated heterocycles. The van der Waals surface area contributed by atoms with E-state index in [9.17, 15) is 9.59 Å². The normalized spacial score (nSPS) is 21.7. The number of hydrogen-bond donors (Lipinski definition) is 0. The molecule has 0 spiro atoms. The third kappa shape index (κ3) is 4.11. The Hall–Kier alpha value is -2.69. The molecule has 2 fully saturated rings. The first kappa shape index (κ1) is 20.6. The van der Waals surface area contributed by atoms with Crippen LogP contribution in [0.25, 0.3) is 11.1 Å². The monoisotopic (exact) mass is 405 g/mol. The molecule has 1 aliphatic carbocycles. The van der Waals surface area contributed by atoms with Crippen LogP contribution >= 0.6 is 0 Å². The fourth-order valence-electron chi connectivity index (χ4n) is 4.90. The van der Waals surface area contributed by atoms with E-state index in [2.05, 4.69) is 29.2 Å². The standard InChI is InChI=1S/C25H31N3O2/c1-27(2)24(30)25(12-5-15-28(18-25)23(29)21-7-4-8-21)17-19-6-3-9-22(16-19)20-10-13-26-14-11-20/h3,6,9-11,13-14,16,21H,4-5,7-8,12,15,17-18H2,1-2H3. The molecule has 2 amide bonds. The summed E-state index contributed by atoms with van der Waals surface area (Å²) in [6.45, 7) is 1.30. The van der Waals surface area contributed by atoms with Crippen molar-refractivity contribution in [2.45, 2.75) is 38.5 Å². The Morgan fingerprint density at radius 3 is 2.53 bits per heavy atom. The number of likely N-dealkylation sites (tertiary alicyclic amines) is 1. The van der Waals surface area contributed by atoms with Crippen molar-refractivity contribution in [3.8, 4) is 11.1 Å². The second kappa shape index (κ2) is 8.58. The molecule has 2 aromatic rings. The Bertz CT molecular complexity index is 908. The third-order valence-corrected chi connectivity index (χ3v) is 6.69. The molecule has 2 aliphatic rings. The summed E-state index contributed by atoms with van der Waals surface area (Å²) in [5.74, 6) is 0.551. The molecule has 1 aliphatic heterocycles. The Balaban J connectivity index is 1.61. The molecule has 2 heterocycles. The molecule has 0 radical (unpaired) electrons. The summed E-state index contributed by atoms with van der Waals surface area (Å²) in [6, 6.07) is 12.4. The Kier molecular flexibility index (Phi) is 5.89. The van der Waals surface area contributed by atoms with Crippen molar-refractivity contribution in [2.24, 2.45) is 11.3 Å². The Morgan fingerprint density at radius 2 is 1.87 bits per heavy atom. The molecule has 1 aromatic carbocycles. The highest BCUT2D eigenvalue weighted by molar-refractivity contribution is 5.85. The van der Waals surface area contributed by atoms with Crippen molar-refractivity contribution in [3.05, 3.63) is 54.4 Å². The van der Waals surface area contributed by atoms with Crippen LogP contribution in [0.4, 0.5) is 0 Å². The molecular weight excluding hydrogens is 374 g/mol. The number of aromatic nitrogens is 1. The smallest absolute Gasteiger partial charge is 0.230 e. The lowest BCUT2D eigenvalue weighted by atomic mass is 9.73. The maximum absolute atomic E-state index is 13.4. The Morgan fingerprint density at radius 1 is 1.10 bits per heavy atom. The third-order valence-electron chi connectivity index (χ3n) is 6.69. The molecular formula is C25H31N3O2. The first-order valence-corrected chi connectivity index (χ1v) is 11.0. The summed E-state index contributed by atoms with van der Waals surface area (Å²) in [6.07, 6.45) is 9.08. The highest BCUT2D eigenvalue weighted by atomic mass is 16.2. The molecule has 1 atom stereocenters. The van der Waals surface area contributed by atoms with Gasteiger partial charge in [-0.15, -0.1) is 0 Å².